The number of alkyl halides is 3. The third-order valence-corrected chi connectivity index (χ3v) is 2.70. The van der Waals surface area contributed by atoms with Gasteiger partial charge in [-0.25, -0.2) is 4.98 Å². The zero-order valence-corrected chi connectivity index (χ0v) is 9.56. The van der Waals surface area contributed by atoms with Crippen LogP contribution < -0.4 is 0 Å². The van der Waals surface area contributed by atoms with Crippen LogP contribution in [-0.4, -0.2) is 26.9 Å². The summed E-state index contributed by atoms with van der Waals surface area (Å²) in [6.07, 6.45) is -4.99. The van der Waals surface area contributed by atoms with Gasteiger partial charge in [0, 0.05) is 6.42 Å². The third-order valence-electron chi connectivity index (χ3n) is 2.70. The van der Waals surface area contributed by atoms with Gasteiger partial charge in [-0.05, 0) is 18.6 Å². The molecule has 0 fully saturated rings. The van der Waals surface area contributed by atoms with Crippen molar-refractivity contribution in [2.45, 2.75) is 31.7 Å². The highest BCUT2D eigenvalue weighted by molar-refractivity contribution is 5.74. The highest BCUT2D eigenvalue weighted by atomic mass is 19.4. The minimum absolute atomic E-state index is 0.122. The molecule has 1 unspecified atom stereocenters. The molecule has 0 aliphatic carbocycles. The molecule has 1 atom stereocenters. The number of aromatic nitrogens is 2. The molecule has 1 aromatic carbocycles. The van der Waals surface area contributed by atoms with E-state index in [4.69, 9.17) is 0 Å². The van der Waals surface area contributed by atoms with Gasteiger partial charge in [-0.3, -0.25) is 0 Å². The van der Waals surface area contributed by atoms with E-state index in [0.717, 1.165) is 11.0 Å². The molecule has 0 bridgehead atoms. The number of hydrogen-bond acceptors (Lipinski definition) is 2. The van der Waals surface area contributed by atoms with Crippen molar-refractivity contribution in [1.29, 1.82) is 0 Å². The maximum atomic E-state index is 12.0. The summed E-state index contributed by atoms with van der Waals surface area (Å²) in [4.78, 5) is 4.11. The van der Waals surface area contributed by atoms with Crippen LogP contribution in [0.4, 0.5) is 13.2 Å². The highest BCUT2D eigenvalue weighted by Crippen LogP contribution is 2.23. The lowest BCUT2D eigenvalue weighted by molar-refractivity contribution is -0.140. The second-order valence-electron chi connectivity index (χ2n) is 4.19. The van der Waals surface area contributed by atoms with E-state index in [0.29, 0.717) is 0 Å². The normalized spacial score (nSPS) is 14.0. The summed E-state index contributed by atoms with van der Waals surface area (Å²) in [6, 6.07) is 7.29. The Balaban J connectivity index is 2.01. The molecule has 0 aliphatic heterocycles. The molecule has 1 N–H and O–H groups in total. The zero-order valence-electron chi connectivity index (χ0n) is 9.56. The molecule has 18 heavy (non-hydrogen) atoms. The van der Waals surface area contributed by atoms with Gasteiger partial charge in [-0.15, -0.1) is 0 Å². The Morgan fingerprint density at radius 3 is 2.72 bits per heavy atom. The van der Waals surface area contributed by atoms with Gasteiger partial charge in [0.2, 0.25) is 0 Å². The van der Waals surface area contributed by atoms with Gasteiger partial charge < -0.3 is 9.67 Å². The van der Waals surface area contributed by atoms with Crippen LogP contribution in [0.3, 0.4) is 0 Å². The quantitative estimate of drug-likeness (QED) is 0.915. The highest BCUT2D eigenvalue weighted by Gasteiger charge is 2.27. The first-order chi connectivity index (χ1) is 8.46. The minimum Gasteiger partial charge on any atom is -0.391 e. The molecule has 2 rings (SSSR count). The van der Waals surface area contributed by atoms with Crippen LogP contribution in [0, 0.1) is 0 Å². The number of aliphatic hydroxyl groups is 1. The fourth-order valence-corrected chi connectivity index (χ4v) is 1.80. The lowest BCUT2D eigenvalue weighted by Gasteiger charge is -2.13. The summed E-state index contributed by atoms with van der Waals surface area (Å²) < 4.78 is 37.7. The number of nitrogens with zero attached hydrogens (tertiary/aromatic N) is 2. The van der Waals surface area contributed by atoms with Crippen molar-refractivity contribution in [3.63, 3.8) is 0 Å². The number of aliphatic hydroxyl groups excluding tert-OH is 1. The van der Waals surface area contributed by atoms with Crippen LogP contribution >= 0.6 is 0 Å². The Labute approximate surface area is 102 Å². The van der Waals surface area contributed by atoms with Crippen molar-refractivity contribution in [2.24, 2.45) is 0 Å². The summed E-state index contributed by atoms with van der Waals surface area (Å²) in [5.41, 5.74) is 1.57. The Kier molecular flexibility index (Phi) is 3.56. The molecule has 0 aliphatic rings. The first-order valence-electron chi connectivity index (χ1n) is 5.60. The van der Waals surface area contributed by atoms with Crippen molar-refractivity contribution >= 4 is 11.0 Å². The van der Waals surface area contributed by atoms with Crippen molar-refractivity contribution in [1.82, 2.24) is 9.55 Å². The summed E-state index contributed by atoms with van der Waals surface area (Å²) in [5.74, 6) is 0. The van der Waals surface area contributed by atoms with Crippen LogP contribution in [0.25, 0.3) is 11.0 Å². The molecule has 0 saturated carbocycles. The van der Waals surface area contributed by atoms with E-state index < -0.39 is 18.7 Å². The first-order valence-corrected chi connectivity index (χ1v) is 5.60. The average molecular weight is 258 g/mol. The van der Waals surface area contributed by atoms with Gasteiger partial charge in [0.15, 0.2) is 0 Å². The molecule has 1 aromatic heterocycles. The molecule has 0 amide bonds. The Morgan fingerprint density at radius 1 is 1.28 bits per heavy atom. The lowest BCUT2D eigenvalue weighted by atomic mass is 10.2. The van der Waals surface area contributed by atoms with Crippen LogP contribution in [0.1, 0.15) is 12.8 Å². The molecule has 98 valence electrons. The maximum Gasteiger partial charge on any atom is 0.389 e. The van der Waals surface area contributed by atoms with E-state index >= 15 is 0 Å². The van der Waals surface area contributed by atoms with Crippen molar-refractivity contribution < 1.29 is 18.3 Å². The van der Waals surface area contributed by atoms with E-state index in [1.807, 2.05) is 24.3 Å². The Hall–Kier alpha value is -1.56. The first kappa shape index (κ1) is 12.9. The lowest BCUT2D eigenvalue weighted by Crippen LogP contribution is -2.19. The summed E-state index contributed by atoms with van der Waals surface area (Å²) >= 11 is 0. The number of rotatable bonds is 4. The number of imidazole rings is 1. The van der Waals surface area contributed by atoms with Crippen LogP contribution in [-0.2, 0) is 6.54 Å². The van der Waals surface area contributed by atoms with E-state index in [9.17, 15) is 18.3 Å². The SMILES string of the molecule is OC(CCC(F)(F)F)Cn1cnc2ccccc21. The average Bonchev–Trinajstić information content (AvgIpc) is 2.70. The number of hydrogen-bond donors (Lipinski definition) is 1. The number of para-hydroxylation sites is 2. The fourth-order valence-electron chi connectivity index (χ4n) is 1.80. The van der Waals surface area contributed by atoms with Crippen LogP contribution in [0.15, 0.2) is 30.6 Å². The van der Waals surface area contributed by atoms with Crippen LogP contribution in [0.5, 0.6) is 0 Å². The maximum absolute atomic E-state index is 12.0. The fraction of sp³-hybridized carbons (Fsp3) is 0.417. The predicted octanol–water partition coefficient (Wildman–Crippen LogP) is 2.74. The molecular formula is C12H13F3N2O. The van der Waals surface area contributed by atoms with Crippen molar-refractivity contribution in [3.8, 4) is 0 Å². The van der Waals surface area contributed by atoms with Gasteiger partial charge in [0.05, 0.1) is 30.0 Å². The van der Waals surface area contributed by atoms with E-state index in [1.165, 1.54) is 6.33 Å². The number of halogens is 3. The predicted molar refractivity (Wildman–Crippen MR) is 61.0 cm³/mol. The number of fused-ring (bicyclic) bond motifs is 1. The molecule has 0 radical (unpaired) electrons. The van der Waals surface area contributed by atoms with Crippen molar-refractivity contribution in [2.75, 3.05) is 0 Å². The number of benzene rings is 1. The van der Waals surface area contributed by atoms with E-state index in [1.54, 1.807) is 4.57 Å². The van der Waals surface area contributed by atoms with E-state index in [-0.39, 0.29) is 13.0 Å². The molecule has 1 heterocycles. The Morgan fingerprint density at radius 2 is 2.00 bits per heavy atom. The summed E-state index contributed by atoms with van der Waals surface area (Å²) in [5, 5.41) is 9.60. The molecule has 0 saturated heterocycles. The monoisotopic (exact) mass is 258 g/mol. The molecule has 2 aromatic rings. The summed E-state index contributed by atoms with van der Waals surface area (Å²) in [6.45, 7) is 0.122. The zero-order chi connectivity index (χ0) is 13.2. The molecule has 6 heteroatoms. The third kappa shape index (κ3) is 3.22. The Bertz CT molecular complexity index is 521. The van der Waals surface area contributed by atoms with Gasteiger partial charge in [-0.2, -0.15) is 13.2 Å². The molecule has 3 nitrogen and oxygen atoms in total. The second-order valence-corrected chi connectivity index (χ2v) is 4.19. The van der Waals surface area contributed by atoms with Crippen molar-refractivity contribution in [3.05, 3.63) is 30.6 Å². The van der Waals surface area contributed by atoms with Gasteiger partial charge in [-0.1, -0.05) is 12.1 Å². The smallest absolute Gasteiger partial charge is 0.389 e. The summed E-state index contributed by atoms with van der Waals surface area (Å²) in [7, 11) is 0. The second kappa shape index (κ2) is 4.97. The van der Waals surface area contributed by atoms with Gasteiger partial charge in [0.1, 0.15) is 0 Å². The standard InChI is InChI=1S/C12H13F3N2O/c13-12(14,15)6-5-9(18)7-17-8-16-10-3-1-2-4-11(10)17/h1-4,8-9,18H,5-7H2. The van der Waals surface area contributed by atoms with Gasteiger partial charge in [0.25, 0.3) is 0 Å². The van der Waals surface area contributed by atoms with Crippen LogP contribution in [0.2, 0.25) is 0 Å². The van der Waals surface area contributed by atoms with Gasteiger partial charge >= 0.3 is 6.18 Å². The molecule has 0 spiro atoms. The molecular weight excluding hydrogens is 245 g/mol. The minimum atomic E-state index is -4.22. The topological polar surface area (TPSA) is 38.0 Å². The van der Waals surface area contributed by atoms with E-state index in [2.05, 4.69) is 4.98 Å². The largest absolute Gasteiger partial charge is 0.391 e.